The first kappa shape index (κ1) is 15.7. The number of amides is 2. The van der Waals surface area contributed by atoms with E-state index < -0.39 is 5.41 Å². The van der Waals surface area contributed by atoms with Crippen LogP contribution in [0.3, 0.4) is 0 Å². The van der Waals surface area contributed by atoms with Crippen LogP contribution in [-0.2, 0) is 9.59 Å². The minimum absolute atomic E-state index is 0.102. The van der Waals surface area contributed by atoms with E-state index >= 15 is 0 Å². The molecule has 2 rings (SSSR count). The zero-order valence-corrected chi connectivity index (χ0v) is 13.3. The second-order valence-electron chi connectivity index (χ2n) is 6.33. The molecule has 2 amide bonds. The molecule has 21 heavy (non-hydrogen) atoms. The van der Waals surface area contributed by atoms with E-state index in [2.05, 4.69) is 19.2 Å². The highest BCUT2D eigenvalue weighted by Gasteiger charge is 2.46. The Morgan fingerprint density at radius 2 is 1.95 bits per heavy atom. The van der Waals surface area contributed by atoms with E-state index in [9.17, 15) is 9.59 Å². The summed E-state index contributed by atoms with van der Waals surface area (Å²) in [6.07, 6.45) is 1.32. The van der Waals surface area contributed by atoms with Crippen molar-refractivity contribution in [3.8, 4) is 0 Å². The zero-order valence-electron chi connectivity index (χ0n) is 13.3. The van der Waals surface area contributed by atoms with Crippen LogP contribution >= 0.6 is 0 Å². The van der Waals surface area contributed by atoms with Crippen LogP contribution in [0.2, 0.25) is 0 Å². The van der Waals surface area contributed by atoms with Gasteiger partial charge in [-0.2, -0.15) is 0 Å². The second kappa shape index (κ2) is 5.98. The molecule has 0 radical (unpaired) electrons. The zero-order chi connectivity index (χ0) is 15.6. The maximum Gasteiger partial charge on any atom is 0.239 e. The van der Waals surface area contributed by atoms with Crippen LogP contribution in [0.15, 0.2) is 24.3 Å². The maximum atomic E-state index is 12.5. The number of anilines is 1. The molecule has 0 aliphatic carbocycles. The molecule has 1 aromatic rings. The average molecular weight is 288 g/mol. The van der Waals surface area contributed by atoms with Crippen LogP contribution in [0.25, 0.3) is 0 Å². The summed E-state index contributed by atoms with van der Waals surface area (Å²) in [6.45, 7) is 8.73. The van der Waals surface area contributed by atoms with Gasteiger partial charge in [0, 0.05) is 12.5 Å². The average Bonchev–Trinajstić information content (AvgIpc) is 2.64. The van der Waals surface area contributed by atoms with Crippen LogP contribution in [0.4, 0.5) is 5.69 Å². The molecule has 1 fully saturated rings. The molecule has 0 saturated carbocycles. The van der Waals surface area contributed by atoms with E-state index in [4.69, 9.17) is 0 Å². The number of carbonyl (C=O) groups is 2. The minimum atomic E-state index is -0.607. The molecule has 0 bridgehead atoms. The van der Waals surface area contributed by atoms with Gasteiger partial charge >= 0.3 is 0 Å². The Bertz CT molecular complexity index is 551. The number of rotatable bonds is 5. The van der Waals surface area contributed by atoms with Crippen molar-refractivity contribution in [2.24, 2.45) is 5.41 Å². The van der Waals surface area contributed by atoms with Gasteiger partial charge in [-0.15, -0.1) is 0 Å². The van der Waals surface area contributed by atoms with Crippen molar-refractivity contribution in [3.05, 3.63) is 29.8 Å². The summed E-state index contributed by atoms with van der Waals surface area (Å²) in [6, 6.07) is 7.76. The first-order chi connectivity index (χ1) is 9.88. The Hall–Kier alpha value is -1.68. The quantitative estimate of drug-likeness (QED) is 0.847. The van der Waals surface area contributed by atoms with Crippen molar-refractivity contribution in [2.75, 3.05) is 11.4 Å². The highest BCUT2D eigenvalue weighted by atomic mass is 16.2. The third kappa shape index (κ3) is 3.00. The SMILES string of the molecule is CCCNC(C)c1ccccc1N1C(=O)CC(C)(C)C1=O. The molecule has 114 valence electrons. The first-order valence-electron chi connectivity index (χ1n) is 7.58. The van der Waals surface area contributed by atoms with E-state index in [0.717, 1.165) is 18.5 Å². The number of carbonyl (C=O) groups excluding carboxylic acids is 2. The molecule has 1 aliphatic heterocycles. The van der Waals surface area contributed by atoms with Gasteiger partial charge in [0.05, 0.1) is 11.1 Å². The molecule has 0 spiro atoms. The molecule has 1 heterocycles. The Kier molecular flexibility index (Phi) is 4.47. The summed E-state index contributed by atoms with van der Waals surface area (Å²) in [5.74, 6) is -0.220. The van der Waals surface area contributed by atoms with Crippen molar-refractivity contribution in [1.29, 1.82) is 0 Å². The fourth-order valence-electron chi connectivity index (χ4n) is 2.72. The number of benzene rings is 1. The Balaban J connectivity index is 2.36. The van der Waals surface area contributed by atoms with Crippen molar-refractivity contribution in [3.63, 3.8) is 0 Å². The molecule has 1 atom stereocenters. The fourth-order valence-corrected chi connectivity index (χ4v) is 2.72. The van der Waals surface area contributed by atoms with Crippen molar-refractivity contribution in [2.45, 2.75) is 46.6 Å². The summed E-state index contributed by atoms with van der Waals surface area (Å²) >= 11 is 0. The molecule has 1 aromatic carbocycles. The van der Waals surface area contributed by atoms with Gasteiger partial charge in [0.2, 0.25) is 11.8 Å². The molecule has 1 aliphatic rings. The lowest BCUT2D eigenvalue weighted by atomic mass is 9.92. The molecule has 4 heteroatoms. The van der Waals surface area contributed by atoms with Gasteiger partial charge in [-0.3, -0.25) is 9.59 Å². The topological polar surface area (TPSA) is 49.4 Å². The van der Waals surface area contributed by atoms with E-state index in [1.54, 1.807) is 0 Å². The smallest absolute Gasteiger partial charge is 0.239 e. The Morgan fingerprint density at radius 1 is 1.29 bits per heavy atom. The van der Waals surface area contributed by atoms with Crippen LogP contribution in [0, 0.1) is 5.41 Å². The number of para-hydroxylation sites is 1. The number of nitrogens with one attached hydrogen (secondary N) is 1. The third-order valence-electron chi connectivity index (χ3n) is 3.97. The molecular weight excluding hydrogens is 264 g/mol. The summed E-state index contributed by atoms with van der Waals surface area (Å²) in [5.41, 5.74) is 1.10. The minimum Gasteiger partial charge on any atom is -0.310 e. The van der Waals surface area contributed by atoms with Crippen LogP contribution in [0.5, 0.6) is 0 Å². The lowest BCUT2D eigenvalue weighted by molar-refractivity contribution is -0.124. The number of hydrogen-bond donors (Lipinski definition) is 1. The van der Waals surface area contributed by atoms with Crippen LogP contribution in [-0.4, -0.2) is 18.4 Å². The van der Waals surface area contributed by atoms with Gasteiger partial charge in [0.25, 0.3) is 0 Å². The molecule has 1 unspecified atom stereocenters. The van der Waals surface area contributed by atoms with E-state index in [-0.39, 0.29) is 24.3 Å². The van der Waals surface area contributed by atoms with Crippen LogP contribution in [0.1, 0.15) is 52.1 Å². The predicted octanol–water partition coefficient (Wildman–Crippen LogP) is 3.04. The van der Waals surface area contributed by atoms with Crippen molar-refractivity contribution in [1.82, 2.24) is 5.32 Å². The van der Waals surface area contributed by atoms with E-state index in [0.29, 0.717) is 5.69 Å². The van der Waals surface area contributed by atoms with E-state index in [1.807, 2.05) is 38.1 Å². The summed E-state index contributed by atoms with van der Waals surface area (Å²) in [5, 5.41) is 3.41. The van der Waals surface area contributed by atoms with Crippen molar-refractivity contribution >= 4 is 17.5 Å². The third-order valence-corrected chi connectivity index (χ3v) is 3.97. The number of hydrogen-bond acceptors (Lipinski definition) is 3. The van der Waals surface area contributed by atoms with Gasteiger partial charge in [0.1, 0.15) is 0 Å². The predicted molar refractivity (Wildman–Crippen MR) is 84.0 cm³/mol. The normalized spacial score (nSPS) is 19.1. The highest BCUT2D eigenvalue weighted by Crippen LogP contribution is 2.37. The summed E-state index contributed by atoms with van der Waals surface area (Å²) in [4.78, 5) is 26.1. The lowest BCUT2D eigenvalue weighted by Gasteiger charge is -2.24. The van der Waals surface area contributed by atoms with Gasteiger partial charge in [0.15, 0.2) is 0 Å². The summed E-state index contributed by atoms with van der Waals surface area (Å²) in [7, 11) is 0. The second-order valence-corrected chi connectivity index (χ2v) is 6.33. The largest absolute Gasteiger partial charge is 0.310 e. The summed E-state index contributed by atoms with van der Waals surface area (Å²) < 4.78 is 0. The maximum absolute atomic E-state index is 12.5. The van der Waals surface area contributed by atoms with Gasteiger partial charge in [-0.05, 0) is 31.5 Å². The Morgan fingerprint density at radius 3 is 2.52 bits per heavy atom. The van der Waals surface area contributed by atoms with Crippen LogP contribution < -0.4 is 10.2 Å². The van der Waals surface area contributed by atoms with Gasteiger partial charge in [-0.1, -0.05) is 39.0 Å². The number of imide groups is 1. The monoisotopic (exact) mass is 288 g/mol. The molecule has 0 aromatic heterocycles. The fraction of sp³-hybridized carbons (Fsp3) is 0.529. The Labute approximate surface area is 126 Å². The van der Waals surface area contributed by atoms with E-state index in [1.165, 1.54) is 4.90 Å². The van der Waals surface area contributed by atoms with Gasteiger partial charge in [-0.25, -0.2) is 4.90 Å². The molecular formula is C17H24N2O2. The number of nitrogens with zero attached hydrogens (tertiary/aromatic N) is 1. The standard InChI is InChI=1S/C17H24N2O2/c1-5-10-18-12(2)13-8-6-7-9-14(13)19-15(20)11-17(3,4)16(19)21/h6-9,12,18H,5,10-11H2,1-4H3. The highest BCUT2D eigenvalue weighted by molar-refractivity contribution is 6.22. The lowest BCUT2D eigenvalue weighted by Crippen LogP contribution is -2.34. The molecule has 4 nitrogen and oxygen atoms in total. The molecule has 1 saturated heterocycles. The molecule has 1 N–H and O–H groups in total. The van der Waals surface area contributed by atoms with Crippen molar-refractivity contribution < 1.29 is 9.59 Å². The first-order valence-corrected chi connectivity index (χ1v) is 7.58. The van der Waals surface area contributed by atoms with Gasteiger partial charge < -0.3 is 5.32 Å².